The molecule has 0 spiro atoms. The number of hydrogen-bond donors (Lipinski definition) is 4. The number of esters is 1. The van der Waals surface area contributed by atoms with E-state index in [0.717, 1.165) is 12.0 Å². The predicted molar refractivity (Wildman–Crippen MR) is 118 cm³/mol. The Morgan fingerprint density at radius 1 is 1.18 bits per heavy atom. The Kier molecular flexibility index (Phi) is 10.1. The lowest BCUT2D eigenvalue weighted by Gasteiger charge is -2.33. The third kappa shape index (κ3) is 8.26. The van der Waals surface area contributed by atoms with Crippen molar-refractivity contribution >= 4 is 23.9 Å². The van der Waals surface area contributed by atoms with Gasteiger partial charge in [0.25, 0.3) is 0 Å². The van der Waals surface area contributed by atoms with Gasteiger partial charge in [-0.1, -0.05) is 18.2 Å². The summed E-state index contributed by atoms with van der Waals surface area (Å²) in [4.78, 5) is 50.9. The van der Waals surface area contributed by atoms with Gasteiger partial charge in [0, 0.05) is 12.1 Å². The van der Waals surface area contributed by atoms with Crippen LogP contribution in [0.5, 0.6) is 5.75 Å². The van der Waals surface area contributed by atoms with Crippen molar-refractivity contribution in [3.8, 4) is 5.75 Å². The first-order chi connectivity index (χ1) is 15.3. The first-order valence-corrected chi connectivity index (χ1v) is 10.4. The quantitative estimate of drug-likeness (QED) is 0.388. The van der Waals surface area contributed by atoms with Crippen LogP contribution in [0, 0.1) is 6.92 Å². The molecular weight excluding hydrogens is 434 g/mol. The van der Waals surface area contributed by atoms with Crippen molar-refractivity contribution in [2.75, 3.05) is 26.8 Å². The predicted octanol–water partition coefficient (Wildman–Crippen LogP) is 0.765. The molecule has 2 unspecified atom stereocenters. The molecule has 1 aromatic rings. The molecule has 2 atom stereocenters. The lowest BCUT2D eigenvalue weighted by Crippen LogP contribution is -2.53. The summed E-state index contributed by atoms with van der Waals surface area (Å²) in [5, 5.41) is 24.9. The number of alkyl carbamates (subject to hydrolysis) is 1. The Bertz CT molecular complexity index is 866. The number of rotatable bonds is 9. The van der Waals surface area contributed by atoms with Crippen LogP contribution < -0.4 is 10.6 Å². The molecule has 184 valence electrons. The average molecular weight is 468 g/mol. The third-order valence-electron chi connectivity index (χ3n) is 4.49. The molecule has 0 heterocycles. The standard InChI is InChI=1S/C22H33N3O8/c1-13-8-7-9-15(18(13)28)17(19(29)23-12-16(27)32-6)25(10-11-26)20(30)14(2)24-21(31)33-22(3,4)5/h7-9,14,17,26,28H,10-12H2,1-6H3,(H,23,29)(H,24,31). The van der Waals surface area contributed by atoms with Gasteiger partial charge < -0.3 is 35.2 Å². The summed E-state index contributed by atoms with van der Waals surface area (Å²) in [7, 11) is 1.16. The van der Waals surface area contributed by atoms with Crippen LogP contribution in [0.15, 0.2) is 18.2 Å². The number of benzene rings is 1. The number of nitrogens with one attached hydrogen (secondary N) is 2. The molecule has 0 fully saturated rings. The lowest BCUT2D eigenvalue weighted by molar-refractivity contribution is -0.145. The normalized spacial score (nSPS) is 12.8. The summed E-state index contributed by atoms with van der Waals surface area (Å²) in [6.07, 6.45) is -0.836. The molecule has 4 N–H and O–H groups in total. The number of para-hydroxylation sites is 1. The van der Waals surface area contributed by atoms with Crippen molar-refractivity contribution in [3.05, 3.63) is 29.3 Å². The summed E-state index contributed by atoms with van der Waals surface area (Å²) < 4.78 is 9.68. The number of ether oxygens (including phenoxy) is 2. The molecule has 1 rings (SSSR count). The lowest BCUT2D eigenvalue weighted by atomic mass is 9.99. The summed E-state index contributed by atoms with van der Waals surface area (Å²) in [5.41, 5.74) is -0.250. The molecule has 11 nitrogen and oxygen atoms in total. The topological polar surface area (TPSA) is 154 Å². The van der Waals surface area contributed by atoms with E-state index in [1.165, 1.54) is 13.0 Å². The fourth-order valence-electron chi connectivity index (χ4n) is 2.95. The summed E-state index contributed by atoms with van der Waals surface area (Å²) in [6.45, 7) is 6.76. The first-order valence-electron chi connectivity index (χ1n) is 10.4. The zero-order valence-corrected chi connectivity index (χ0v) is 19.8. The SMILES string of the molecule is COC(=O)CNC(=O)C(c1cccc(C)c1O)N(CCO)C(=O)C(C)NC(=O)OC(C)(C)C. The minimum Gasteiger partial charge on any atom is -0.507 e. The van der Waals surface area contributed by atoms with Crippen LogP contribution in [0.4, 0.5) is 4.79 Å². The van der Waals surface area contributed by atoms with Gasteiger partial charge in [-0.25, -0.2) is 4.79 Å². The van der Waals surface area contributed by atoms with E-state index in [2.05, 4.69) is 15.4 Å². The highest BCUT2D eigenvalue weighted by Crippen LogP contribution is 2.32. The minimum absolute atomic E-state index is 0.0867. The van der Waals surface area contributed by atoms with E-state index < -0.39 is 54.7 Å². The van der Waals surface area contributed by atoms with Crippen LogP contribution >= 0.6 is 0 Å². The van der Waals surface area contributed by atoms with Crippen molar-refractivity contribution < 1.29 is 38.9 Å². The molecule has 0 bridgehead atoms. The molecule has 0 saturated carbocycles. The monoisotopic (exact) mass is 467 g/mol. The molecule has 0 aromatic heterocycles. The Morgan fingerprint density at radius 3 is 2.36 bits per heavy atom. The maximum atomic E-state index is 13.2. The van der Waals surface area contributed by atoms with Crippen molar-refractivity contribution in [1.82, 2.24) is 15.5 Å². The van der Waals surface area contributed by atoms with Gasteiger partial charge in [0.05, 0.1) is 13.7 Å². The molecule has 0 aliphatic heterocycles. The van der Waals surface area contributed by atoms with Crippen molar-refractivity contribution in [2.24, 2.45) is 0 Å². The number of methoxy groups -OCH3 is 1. The van der Waals surface area contributed by atoms with E-state index in [1.54, 1.807) is 39.8 Å². The van der Waals surface area contributed by atoms with E-state index in [1.807, 2.05) is 0 Å². The second-order valence-electron chi connectivity index (χ2n) is 8.33. The molecule has 0 saturated heterocycles. The van der Waals surface area contributed by atoms with Gasteiger partial charge in [-0.3, -0.25) is 14.4 Å². The fourth-order valence-corrected chi connectivity index (χ4v) is 2.95. The van der Waals surface area contributed by atoms with Gasteiger partial charge in [0.2, 0.25) is 11.8 Å². The van der Waals surface area contributed by atoms with Gasteiger partial charge >= 0.3 is 12.1 Å². The number of aryl methyl sites for hydroxylation is 1. The molecule has 1 aromatic carbocycles. The Morgan fingerprint density at radius 2 is 1.82 bits per heavy atom. The van der Waals surface area contributed by atoms with E-state index >= 15 is 0 Å². The van der Waals surface area contributed by atoms with Crippen molar-refractivity contribution in [2.45, 2.75) is 52.3 Å². The highest BCUT2D eigenvalue weighted by molar-refractivity contribution is 5.93. The number of carbonyl (C=O) groups is 4. The second-order valence-corrected chi connectivity index (χ2v) is 8.33. The van der Waals surface area contributed by atoms with Gasteiger partial charge in [0.15, 0.2) is 0 Å². The Labute approximate surface area is 193 Å². The number of nitrogens with zero attached hydrogens (tertiary/aromatic N) is 1. The van der Waals surface area contributed by atoms with E-state index in [-0.39, 0.29) is 17.9 Å². The first kappa shape index (κ1) is 27.7. The second kappa shape index (κ2) is 12.0. The highest BCUT2D eigenvalue weighted by atomic mass is 16.6. The number of aliphatic hydroxyl groups is 1. The maximum Gasteiger partial charge on any atom is 0.408 e. The summed E-state index contributed by atoms with van der Waals surface area (Å²) in [6, 6.07) is 2.13. The number of aromatic hydroxyl groups is 1. The van der Waals surface area contributed by atoms with Crippen LogP contribution in [0.25, 0.3) is 0 Å². The Balaban J connectivity index is 3.32. The van der Waals surface area contributed by atoms with E-state index in [4.69, 9.17) is 4.74 Å². The molecule has 11 heteroatoms. The van der Waals surface area contributed by atoms with Crippen LogP contribution in [0.3, 0.4) is 0 Å². The molecule has 3 amide bonds. The van der Waals surface area contributed by atoms with Gasteiger partial charge in [-0.2, -0.15) is 0 Å². The summed E-state index contributed by atoms with van der Waals surface area (Å²) >= 11 is 0. The zero-order valence-electron chi connectivity index (χ0n) is 19.8. The maximum absolute atomic E-state index is 13.2. The number of carbonyl (C=O) groups excluding carboxylic acids is 4. The number of aliphatic hydroxyl groups excluding tert-OH is 1. The third-order valence-corrected chi connectivity index (χ3v) is 4.49. The van der Waals surface area contributed by atoms with Gasteiger partial charge in [-0.15, -0.1) is 0 Å². The van der Waals surface area contributed by atoms with E-state index in [0.29, 0.717) is 5.56 Å². The van der Waals surface area contributed by atoms with Crippen LogP contribution in [0.2, 0.25) is 0 Å². The number of amides is 3. The Hall–Kier alpha value is -3.34. The minimum atomic E-state index is -1.41. The smallest absolute Gasteiger partial charge is 0.408 e. The molecule has 0 aliphatic rings. The largest absolute Gasteiger partial charge is 0.507 e. The molecule has 0 radical (unpaired) electrons. The van der Waals surface area contributed by atoms with Crippen LogP contribution in [0.1, 0.15) is 44.9 Å². The van der Waals surface area contributed by atoms with Crippen molar-refractivity contribution in [1.29, 1.82) is 0 Å². The molecule has 33 heavy (non-hydrogen) atoms. The van der Waals surface area contributed by atoms with Gasteiger partial charge in [0.1, 0.15) is 30.0 Å². The van der Waals surface area contributed by atoms with Gasteiger partial charge in [-0.05, 0) is 40.2 Å². The van der Waals surface area contributed by atoms with E-state index in [9.17, 15) is 29.4 Å². The number of phenols is 1. The molecule has 0 aliphatic carbocycles. The van der Waals surface area contributed by atoms with Crippen LogP contribution in [-0.2, 0) is 23.9 Å². The summed E-state index contributed by atoms with van der Waals surface area (Å²) in [5.74, 6) is -2.43. The molecular formula is C22H33N3O8. The zero-order chi connectivity index (χ0) is 25.3. The van der Waals surface area contributed by atoms with Crippen LogP contribution in [-0.4, -0.2) is 77.4 Å². The highest BCUT2D eigenvalue weighted by Gasteiger charge is 2.36. The average Bonchev–Trinajstić information content (AvgIpc) is 2.72. The fraction of sp³-hybridized carbons (Fsp3) is 0.545. The number of phenolic OH excluding ortho intramolecular Hbond substituents is 1. The number of hydrogen-bond acceptors (Lipinski definition) is 8. The van der Waals surface area contributed by atoms with Crippen molar-refractivity contribution in [3.63, 3.8) is 0 Å².